The van der Waals surface area contributed by atoms with Crippen LogP contribution in [0.5, 0.6) is 0 Å². The Kier molecular flexibility index (Phi) is 9.84. The summed E-state index contributed by atoms with van der Waals surface area (Å²) in [5, 5.41) is 38.5. The molecule has 0 radical (unpaired) electrons. The normalized spacial score (nSPS) is 12.6. The van der Waals surface area contributed by atoms with Gasteiger partial charge >= 0.3 is 0 Å². The van der Waals surface area contributed by atoms with Crippen molar-refractivity contribution in [3.63, 3.8) is 0 Å². The third-order valence-electron chi connectivity index (χ3n) is 18.0. The Hall–Kier alpha value is -10.4. The number of thiophene rings is 1. The van der Waals surface area contributed by atoms with Crippen LogP contribution in [0.1, 0.15) is 63.8 Å². The Morgan fingerprint density at radius 2 is 0.750 bits per heavy atom. The van der Waals surface area contributed by atoms with Crippen LogP contribution in [0.2, 0.25) is 0 Å². The molecule has 0 aliphatic carbocycles. The Balaban J connectivity index is 1.21. The number of fused-ring (bicyclic) bond motifs is 20. The molecule has 0 aliphatic rings. The van der Waals surface area contributed by atoms with E-state index in [9.17, 15) is 10.5 Å². The minimum atomic E-state index is -0.188. The number of aromatic nitrogens is 4. The van der Waals surface area contributed by atoms with Gasteiger partial charge in [0.1, 0.15) is 28.8 Å². The van der Waals surface area contributed by atoms with Gasteiger partial charge in [-0.3, -0.25) is 0 Å². The average Bonchev–Trinajstić information content (AvgIpc) is 1.55. The number of furan rings is 1. The van der Waals surface area contributed by atoms with E-state index in [-0.39, 0.29) is 10.8 Å². The highest BCUT2D eigenvalue weighted by molar-refractivity contribution is 7.26. The van der Waals surface area contributed by atoms with Crippen molar-refractivity contribution >= 4 is 141 Å². The van der Waals surface area contributed by atoms with E-state index in [1.807, 2.05) is 18.2 Å². The number of hydrogen-bond acceptors (Lipinski definition) is 4. The molecule has 8 heteroatoms. The summed E-state index contributed by atoms with van der Waals surface area (Å²) < 4.78 is 18.7. The number of nitriles is 2. The van der Waals surface area contributed by atoms with E-state index >= 15 is 0 Å². The first kappa shape index (κ1) is 48.3. The molecule has 84 heavy (non-hydrogen) atoms. The standard InChI is InChI=1S/C76H52N6OS/c1-75(2,3)43-31-37-63-55(39-43)51-33-35-53-49-23-11-17-29-65(49)83-73(53)70(51)81(63)67-57(41-77)68(79-59-25-13-7-19-45(59)46-20-8-14-26-60(46)79)72(69(58(67)42-78)80-61-27-15-9-21-47(61)48-22-10-16-28-62(48)80)82-64-38-32-44(76(4,5)6)40-56(64)52-34-36-54-50-24-12-18-30-66(50)84-74(54)71(52)82/h7-40H,1-6H3. The fraction of sp³-hybridized carbons (Fsp3) is 0.105. The molecular weight excluding hydrogens is 1040 g/mol. The van der Waals surface area contributed by atoms with E-state index in [1.54, 1.807) is 11.3 Å². The molecule has 7 nitrogen and oxygen atoms in total. The van der Waals surface area contributed by atoms with Crippen molar-refractivity contribution in [2.24, 2.45) is 0 Å². The Labute approximate surface area is 486 Å². The quantitative estimate of drug-likeness (QED) is 0.176. The minimum Gasteiger partial charge on any atom is -0.454 e. The van der Waals surface area contributed by atoms with Crippen LogP contribution in [0.4, 0.5) is 0 Å². The lowest BCUT2D eigenvalue weighted by Crippen LogP contribution is -2.17. The van der Waals surface area contributed by atoms with Gasteiger partial charge in [-0.25, -0.2) is 0 Å². The number of rotatable bonds is 4. The molecule has 0 saturated heterocycles. The number of nitrogens with zero attached hydrogens (tertiary/aromatic N) is 6. The summed E-state index contributed by atoms with van der Waals surface area (Å²) in [7, 11) is 0. The topological polar surface area (TPSA) is 80.4 Å². The highest BCUT2D eigenvalue weighted by atomic mass is 32.1. The first-order valence-electron chi connectivity index (χ1n) is 28.7. The third-order valence-corrected chi connectivity index (χ3v) is 19.1. The molecule has 0 fully saturated rings. The molecule has 17 rings (SSSR count). The molecule has 0 spiro atoms. The van der Waals surface area contributed by atoms with E-state index in [4.69, 9.17) is 4.42 Å². The van der Waals surface area contributed by atoms with Gasteiger partial charge in [0.05, 0.1) is 71.6 Å². The largest absolute Gasteiger partial charge is 0.454 e. The van der Waals surface area contributed by atoms with Crippen LogP contribution in [-0.4, -0.2) is 18.3 Å². The lowest BCUT2D eigenvalue weighted by atomic mass is 9.86. The predicted molar refractivity (Wildman–Crippen MR) is 351 cm³/mol. The van der Waals surface area contributed by atoms with Crippen LogP contribution < -0.4 is 0 Å². The predicted octanol–water partition coefficient (Wildman–Crippen LogP) is 20.7. The SMILES string of the molecule is CC(C)(C)c1ccc2c(c1)c1ccc3c4ccccc4oc3c1n2-c1c(C#N)c(-n2c3ccccc3c3ccccc32)c(-n2c3ccc(C(C)(C)C)cc3c3ccc4c5ccccc5sc4c32)c(-n2c3ccccc3c3ccccc32)c1C#N. The summed E-state index contributed by atoms with van der Waals surface area (Å²) in [5.41, 5.74) is 13.9. The molecule has 17 aromatic rings. The first-order valence-corrected chi connectivity index (χ1v) is 29.5. The molecule has 0 atom stereocenters. The maximum Gasteiger partial charge on any atom is 0.160 e. The first-order chi connectivity index (χ1) is 40.9. The Morgan fingerprint density at radius 3 is 1.25 bits per heavy atom. The van der Waals surface area contributed by atoms with Gasteiger partial charge < -0.3 is 22.7 Å². The number of para-hydroxylation sites is 5. The van der Waals surface area contributed by atoms with Crippen LogP contribution in [0.25, 0.3) is 152 Å². The van der Waals surface area contributed by atoms with Crippen LogP contribution in [-0.2, 0) is 10.8 Å². The molecule has 0 aliphatic heterocycles. The molecule has 0 unspecified atom stereocenters. The van der Waals surface area contributed by atoms with Gasteiger partial charge in [0.15, 0.2) is 5.58 Å². The smallest absolute Gasteiger partial charge is 0.160 e. The van der Waals surface area contributed by atoms with Crippen molar-refractivity contribution in [2.45, 2.75) is 52.4 Å². The van der Waals surface area contributed by atoms with Crippen molar-refractivity contribution in [1.29, 1.82) is 10.5 Å². The molecular formula is C76H52N6OS. The number of benzene rings is 11. The number of hydrogen-bond donors (Lipinski definition) is 0. The molecule has 11 aromatic carbocycles. The Morgan fingerprint density at radius 1 is 0.345 bits per heavy atom. The highest BCUT2D eigenvalue weighted by Gasteiger charge is 2.36. The van der Waals surface area contributed by atoms with Crippen molar-refractivity contribution in [2.75, 3.05) is 0 Å². The average molecular weight is 1100 g/mol. The zero-order valence-corrected chi connectivity index (χ0v) is 47.9. The van der Waals surface area contributed by atoms with Gasteiger partial charge in [-0.1, -0.05) is 181 Å². The summed E-state index contributed by atoms with van der Waals surface area (Å²) in [6.07, 6.45) is 0. The van der Waals surface area contributed by atoms with Crippen LogP contribution in [0.3, 0.4) is 0 Å². The lowest BCUT2D eigenvalue weighted by molar-refractivity contribution is 0.591. The van der Waals surface area contributed by atoms with Crippen LogP contribution in [0, 0.1) is 22.7 Å². The summed E-state index contributed by atoms with van der Waals surface area (Å²) in [6, 6.07) is 79.6. The van der Waals surface area contributed by atoms with Crippen LogP contribution >= 0.6 is 11.3 Å². The van der Waals surface area contributed by atoms with Crippen molar-refractivity contribution in [3.8, 4) is 34.9 Å². The summed E-state index contributed by atoms with van der Waals surface area (Å²) in [6.45, 7) is 13.5. The zero-order valence-electron chi connectivity index (χ0n) is 47.1. The fourth-order valence-electron chi connectivity index (χ4n) is 14.1. The second-order valence-corrected chi connectivity index (χ2v) is 25.7. The maximum atomic E-state index is 13.0. The van der Waals surface area contributed by atoms with Crippen LogP contribution in [0.15, 0.2) is 211 Å². The van der Waals surface area contributed by atoms with Gasteiger partial charge in [-0.15, -0.1) is 11.3 Å². The molecule has 0 bridgehead atoms. The lowest BCUT2D eigenvalue weighted by Gasteiger charge is -2.27. The molecule has 0 N–H and O–H groups in total. The fourth-order valence-corrected chi connectivity index (χ4v) is 15.3. The summed E-state index contributed by atoms with van der Waals surface area (Å²) in [5.74, 6) is 0. The van der Waals surface area contributed by atoms with E-state index in [0.29, 0.717) is 39.5 Å². The van der Waals surface area contributed by atoms with Crippen molar-refractivity contribution in [1.82, 2.24) is 18.3 Å². The monoisotopic (exact) mass is 1100 g/mol. The summed E-state index contributed by atoms with van der Waals surface area (Å²) >= 11 is 1.79. The second-order valence-electron chi connectivity index (χ2n) is 24.6. The molecule has 0 amide bonds. The summed E-state index contributed by atoms with van der Waals surface area (Å²) in [4.78, 5) is 0. The van der Waals surface area contributed by atoms with Gasteiger partial charge in [0.2, 0.25) is 0 Å². The molecule has 6 aromatic heterocycles. The van der Waals surface area contributed by atoms with E-state index in [2.05, 4.69) is 260 Å². The van der Waals surface area contributed by atoms with E-state index in [0.717, 1.165) is 114 Å². The van der Waals surface area contributed by atoms with Gasteiger partial charge in [0.25, 0.3) is 0 Å². The molecule has 0 saturated carbocycles. The van der Waals surface area contributed by atoms with Crippen molar-refractivity contribution < 1.29 is 4.42 Å². The zero-order chi connectivity index (χ0) is 56.7. The van der Waals surface area contributed by atoms with Gasteiger partial charge in [-0.05, 0) is 88.7 Å². The van der Waals surface area contributed by atoms with E-state index < -0.39 is 0 Å². The highest BCUT2D eigenvalue weighted by Crippen LogP contribution is 2.52. The van der Waals surface area contributed by atoms with Gasteiger partial charge in [0, 0.05) is 69.3 Å². The maximum absolute atomic E-state index is 13.0. The van der Waals surface area contributed by atoms with Gasteiger partial charge in [-0.2, -0.15) is 10.5 Å². The minimum absolute atomic E-state index is 0.169. The third kappa shape index (κ3) is 6.43. The molecule has 6 heterocycles. The molecule has 398 valence electrons. The van der Waals surface area contributed by atoms with Crippen molar-refractivity contribution in [3.05, 3.63) is 229 Å². The second kappa shape index (κ2) is 17.1. The Bertz CT molecular complexity index is 5600. The van der Waals surface area contributed by atoms with E-state index in [1.165, 1.54) is 21.2 Å².